The molecule has 1 rings (SSSR count). The lowest BCUT2D eigenvalue weighted by Crippen LogP contribution is -2.05. The van der Waals surface area contributed by atoms with E-state index in [0.29, 0.717) is 0 Å². The Morgan fingerprint density at radius 3 is 2.71 bits per heavy atom. The zero-order valence-electron chi connectivity index (χ0n) is 8.41. The molecule has 0 spiro atoms. The van der Waals surface area contributed by atoms with Crippen LogP contribution in [0.25, 0.3) is 0 Å². The van der Waals surface area contributed by atoms with Crippen LogP contribution in [0.4, 0.5) is 0 Å². The Bertz CT molecular complexity index is 331. The molecule has 3 nitrogen and oxygen atoms in total. The number of aryl methyl sites for hydroxylation is 2. The fourth-order valence-electron chi connectivity index (χ4n) is 1.21. The van der Waals surface area contributed by atoms with Gasteiger partial charge in [-0.1, -0.05) is 17.7 Å². The highest BCUT2D eigenvalue weighted by Gasteiger charge is 2.01. The number of rotatable bonds is 4. The van der Waals surface area contributed by atoms with Crippen LogP contribution in [-0.2, 0) is 4.79 Å². The van der Waals surface area contributed by atoms with Crippen LogP contribution in [0, 0.1) is 13.8 Å². The number of aliphatic carboxylic acids is 1. The fraction of sp³-hybridized carbons (Fsp3) is 0.364. The Labute approximate surface area is 83.3 Å². The van der Waals surface area contributed by atoms with Crippen molar-refractivity contribution in [2.24, 2.45) is 0 Å². The molecular weight excluding hydrogens is 180 g/mol. The highest BCUT2D eigenvalue weighted by Crippen LogP contribution is 2.18. The Morgan fingerprint density at radius 1 is 1.43 bits per heavy atom. The Kier molecular flexibility index (Phi) is 3.51. The van der Waals surface area contributed by atoms with Gasteiger partial charge in [0.1, 0.15) is 5.75 Å². The van der Waals surface area contributed by atoms with E-state index in [1.807, 2.05) is 32.0 Å². The second-order valence-electron chi connectivity index (χ2n) is 3.26. The average Bonchev–Trinajstić information content (AvgIpc) is 2.08. The number of benzene rings is 1. The molecule has 14 heavy (non-hydrogen) atoms. The van der Waals surface area contributed by atoms with Gasteiger partial charge in [-0.15, -0.1) is 0 Å². The summed E-state index contributed by atoms with van der Waals surface area (Å²) in [5.41, 5.74) is 2.21. The third kappa shape index (κ3) is 3.09. The normalized spacial score (nSPS) is 9.86. The van der Waals surface area contributed by atoms with Crippen molar-refractivity contribution < 1.29 is 14.6 Å². The summed E-state index contributed by atoms with van der Waals surface area (Å²) in [6, 6.07) is 5.83. The Balaban J connectivity index is 2.55. The molecule has 0 saturated heterocycles. The third-order valence-corrected chi connectivity index (χ3v) is 1.90. The van der Waals surface area contributed by atoms with E-state index in [9.17, 15) is 4.79 Å². The van der Waals surface area contributed by atoms with Crippen LogP contribution in [-0.4, -0.2) is 17.7 Å². The van der Waals surface area contributed by atoms with Crippen molar-refractivity contribution in [1.29, 1.82) is 0 Å². The molecular formula is C11H14O3. The summed E-state index contributed by atoms with van der Waals surface area (Å²) in [5, 5.41) is 8.42. The summed E-state index contributed by atoms with van der Waals surface area (Å²) in [7, 11) is 0. The van der Waals surface area contributed by atoms with Crippen molar-refractivity contribution in [2.45, 2.75) is 20.3 Å². The van der Waals surface area contributed by atoms with Gasteiger partial charge in [0.15, 0.2) is 0 Å². The molecule has 0 unspecified atom stereocenters. The van der Waals surface area contributed by atoms with Gasteiger partial charge in [-0.05, 0) is 25.5 Å². The van der Waals surface area contributed by atoms with Gasteiger partial charge in [-0.25, -0.2) is 0 Å². The maximum Gasteiger partial charge on any atom is 0.306 e. The van der Waals surface area contributed by atoms with Crippen LogP contribution in [0.5, 0.6) is 5.75 Å². The molecule has 0 heterocycles. The van der Waals surface area contributed by atoms with Crippen molar-refractivity contribution in [1.82, 2.24) is 0 Å². The molecule has 1 N–H and O–H groups in total. The maximum absolute atomic E-state index is 10.2. The number of carbonyl (C=O) groups is 1. The van der Waals surface area contributed by atoms with Crippen LogP contribution in [0.3, 0.4) is 0 Å². The largest absolute Gasteiger partial charge is 0.493 e. The molecule has 0 atom stereocenters. The Morgan fingerprint density at radius 2 is 2.14 bits per heavy atom. The number of hydrogen-bond acceptors (Lipinski definition) is 2. The van der Waals surface area contributed by atoms with Gasteiger partial charge in [0.25, 0.3) is 0 Å². The lowest BCUT2D eigenvalue weighted by atomic mass is 10.1. The number of hydrogen-bond donors (Lipinski definition) is 1. The maximum atomic E-state index is 10.2. The van der Waals surface area contributed by atoms with Crippen molar-refractivity contribution in [3.8, 4) is 5.75 Å². The van der Waals surface area contributed by atoms with Gasteiger partial charge in [-0.2, -0.15) is 0 Å². The molecule has 0 radical (unpaired) electrons. The molecule has 0 bridgehead atoms. The van der Waals surface area contributed by atoms with E-state index in [1.54, 1.807) is 0 Å². The van der Waals surface area contributed by atoms with E-state index < -0.39 is 5.97 Å². The number of carboxylic acids is 1. The highest BCUT2D eigenvalue weighted by atomic mass is 16.5. The van der Waals surface area contributed by atoms with Gasteiger partial charge < -0.3 is 9.84 Å². The van der Waals surface area contributed by atoms with Crippen molar-refractivity contribution in [2.75, 3.05) is 6.61 Å². The summed E-state index contributed by atoms with van der Waals surface area (Å²) in [4.78, 5) is 10.2. The molecule has 0 amide bonds. The first-order chi connectivity index (χ1) is 6.59. The second kappa shape index (κ2) is 4.65. The van der Waals surface area contributed by atoms with Crippen LogP contribution < -0.4 is 4.74 Å². The van der Waals surface area contributed by atoms with Gasteiger partial charge >= 0.3 is 5.97 Å². The molecule has 1 aromatic rings. The van der Waals surface area contributed by atoms with Gasteiger partial charge in [0.2, 0.25) is 0 Å². The zero-order chi connectivity index (χ0) is 10.6. The van der Waals surface area contributed by atoms with Crippen LogP contribution in [0.1, 0.15) is 17.5 Å². The molecule has 0 saturated carbocycles. The van der Waals surface area contributed by atoms with E-state index in [0.717, 1.165) is 11.3 Å². The van der Waals surface area contributed by atoms with Crippen LogP contribution >= 0.6 is 0 Å². The van der Waals surface area contributed by atoms with Gasteiger partial charge in [-0.3, -0.25) is 4.79 Å². The highest BCUT2D eigenvalue weighted by molar-refractivity contribution is 5.66. The Hall–Kier alpha value is -1.51. The molecule has 3 heteroatoms. The summed E-state index contributed by atoms with van der Waals surface area (Å²) >= 11 is 0. The van der Waals surface area contributed by atoms with Gasteiger partial charge in [0, 0.05) is 0 Å². The lowest BCUT2D eigenvalue weighted by Gasteiger charge is -2.08. The first-order valence-electron chi connectivity index (χ1n) is 4.51. The fourth-order valence-corrected chi connectivity index (χ4v) is 1.21. The molecule has 0 aliphatic carbocycles. The standard InChI is InChI=1S/C11H14O3/c1-8-3-4-10(9(2)7-8)14-6-5-11(12)13/h3-4,7H,5-6H2,1-2H3,(H,12,13). The summed E-state index contributed by atoms with van der Waals surface area (Å²) in [6.07, 6.45) is 0.0350. The number of ether oxygens (including phenoxy) is 1. The van der Waals surface area contributed by atoms with Gasteiger partial charge in [0.05, 0.1) is 13.0 Å². The van der Waals surface area contributed by atoms with Crippen molar-refractivity contribution in [3.63, 3.8) is 0 Å². The van der Waals surface area contributed by atoms with Crippen molar-refractivity contribution in [3.05, 3.63) is 29.3 Å². The summed E-state index contributed by atoms with van der Waals surface area (Å²) in [5.74, 6) is -0.0772. The SMILES string of the molecule is Cc1ccc(OCCC(=O)O)c(C)c1. The minimum atomic E-state index is -0.838. The van der Waals surface area contributed by atoms with E-state index in [4.69, 9.17) is 9.84 Å². The third-order valence-electron chi connectivity index (χ3n) is 1.90. The zero-order valence-corrected chi connectivity index (χ0v) is 8.41. The smallest absolute Gasteiger partial charge is 0.306 e. The molecule has 0 aromatic heterocycles. The molecule has 0 aliphatic rings. The quantitative estimate of drug-likeness (QED) is 0.798. The molecule has 0 aliphatic heterocycles. The van der Waals surface area contributed by atoms with Crippen molar-refractivity contribution >= 4 is 5.97 Å². The van der Waals surface area contributed by atoms with E-state index in [-0.39, 0.29) is 13.0 Å². The summed E-state index contributed by atoms with van der Waals surface area (Å²) < 4.78 is 5.32. The van der Waals surface area contributed by atoms with E-state index >= 15 is 0 Å². The first kappa shape index (κ1) is 10.6. The minimum absolute atomic E-state index is 0.0350. The minimum Gasteiger partial charge on any atom is -0.493 e. The molecule has 1 aromatic carbocycles. The predicted octanol–water partition coefficient (Wildman–Crippen LogP) is 2.16. The average molecular weight is 194 g/mol. The topological polar surface area (TPSA) is 46.5 Å². The molecule has 0 fully saturated rings. The lowest BCUT2D eigenvalue weighted by molar-refractivity contribution is -0.137. The monoisotopic (exact) mass is 194 g/mol. The second-order valence-corrected chi connectivity index (χ2v) is 3.26. The van der Waals surface area contributed by atoms with Crippen LogP contribution in [0.15, 0.2) is 18.2 Å². The first-order valence-corrected chi connectivity index (χ1v) is 4.51. The van der Waals surface area contributed by atoms with E-state index in [1.165, 1.54) is 5.56 Å². The predicted molar refractivity (Wildman–Crippen MR) is 53.7 cm³/mol. The number of carboxylic acid groups (broad SMARTS) is 1. The van der Waals surface area contributed by atoms with Crippen LogP contribution in [0.2, 0.25) is 0 Å². The summed E-state index contributed by atoms with van der Waals surface area (Å²) in [6.45, 7) is 4.18. The van der Waals surface area contributed by atoms with E-state index in [2.05, 4.69) is 0 Å². The molecule has 76 valence electrons.